The summed E-state index contributed by atoms with van der Waals surface area (Å²) in [5.41, 5.74) is 5.32. The van der Waals surface area contributed by atoms with Gasteiger partial charge in [0.2, 0.25) is 0 Å². The molecule has 0 aromatic rings. The van der Waals surface area contributed by atoms with Crippen LogP contribution in [0, 0.1) is 0 Å². The topological polar surface area (TPSA) is 64.7 Å². The second kappa shape index (κ2) is 3.12. The minimum Gasteiger partial charge on any atom is -0.394 e. The molecule has 0 spiro atoms. The van der Waals surface area contributed by atoms with E-state index < -0.39 is 0 Å². The Balaban J connectivity index is 2.18. The van der Waals surface area contributed by atoms with Crippen LogP contribution in [0.2, 0.25) is 0 Å². The molecule has 4 nitrogen and oxygen atoms in total. The SMILES string of the molecule is NC1COC(CO)CO1. The lowest BCUT2D eigenvalue weighted by molar-refractivity contribution is -0.142. The molecule has 9 heavy (non-hydrogen) atoms. The number of hydrogen-bond donors (Lipinski definition) is 2. The summed E-state index contributed by atoms with van der Waals surface area (Å²) in [5.74, 6) is 0. The van der Waals surface area contributed by atoms with Crippen molar-refractivity contribution in [2.75, 3.05) is 19.8 Å². The molecular weight excluding hydrogens is 122 g/mol. The van der Waals surface area contributed by atoms with E-state index in [4.69, 9.17) is 20.3 Å². The monoisotopic (exact) mass is 133 g/mol. The summed E-state index contributed by atoms with van der Waals surface area (Å²) < 4.78 is 10.0. The van der Waals surface area contributed by atoms with Crippen molar-refractivity contribution in [2.24, 2.45) is 5.73 Å². The van der Waals surface area contributed by atoms with Gasteiger partial charge in [0, 0.05) is 0 Å². The summed E-state index contributed by atoms with van der Waals surface area (Å²) in [5, 5.41) is 8.53. The summed E-state index contributed by atoms with van der Waals surface area (Å²) >= 11 is 0. The lowest BCUT2D eigenvalue weighted by Crippen LogP contribution is -2.42. The third-order valence-electron chi connectivity index (χ3n) is 1.20. The van der Waals surface area contributed by atoms with Gasteiger partial charge in [0.15, 0.2) is 0 Å². The molecule has 2 unspecified atom stereocenters. The maximum Gasteiger partial charge on any atom is 0.129 e. The minimum atomic E-state index is -0.312. The number of aliphatic hydroxyl groups excluding tert-OH is 1. The fourth-order valence-corrected chi connectivity index (χ4v) is 0.663. The Kier molecular flexibility index (Phi) is 2.41. The van der Waals surface area contributed by atoms with Crippen molar-refractivity contribution in [2.45, 2.75) is 12.3 Å². The Morgan fingerprint density at radius 3 is 2.67 bits per heavy atom. The van der Waals surface area contributed by atoms with Crippen LogP contribution in [0.25, 0.3) is 0 Å². The summed E-state index contributed by atoms with van der Waals surface area (Å²) in [4.78, 5) is 0. The van der Waals surface area contributed by atoms with Crippen LogP contribution in [0.15, 0.2) is 0 Å². The van der Waals surface area contributed by atoms with Gasteiger partial charge < -0.3 is 20.3 Å². The zero-order valence-corrected chi connectivity index (χ0v) is 5.12. The molecule has 1 fully saturated rings. The normalized spacial score (nSPS) is 36.7. The molecule has 54 valence electrons. The van der Waals surface area contributed by atoms with E-state index in [1.54, 1.807) is 0 Å². The summed E-state index contributed by atoms with van der Waals surface area (Å²) in [6.07, 6.45) is -0.488. The molecule has 2 atom stereocenters. The largest absolute Gasteiger partial charge is 0.394 e. The van der Waals surface area contributed by atoms with Crippen LogP contribution in [-0.4, -0.2) is 37.3 Å². The van der Waals surface area contributed by atoms with Crippen LogP contribution in [0.3, 0.4) is 0 Å². The average molecular weight is 133 g/mol. The standard InChI is InChI=1S/C5H11NO3/c6-5-3-8-4(1-7)2-9-5/h4-5,7H,1-3,6H2. The third-order valence-corrected chi connectivity index (χ3v) is 1.20. The molecule has 0 amide bonds. The van der Waals surface area contributed by atoms with Gasteiger partial charge in [-0.3, -0.25) is 0 Å². The number of aliphatic hydroxyl groups is 1. The molecule has 0 aliphatic carbocycles. The van der Waals surface area contributed by atoms with Crippen molar-refractivity contribution < 1.29 is 14.6 Å². The van der Waals surface area contributed by atoms with Crippen LogP contribution in [0.5, 0.6) is 0 Å². The van der Waals surface area contributed by atoms with E-state index in [2.05, 4.69) is 0 Å². The summed E-state index contributed by atoms with van der Waals surface area (Å²) in [6, 6.07) is 0. The van der Waals surface area contributed by atoms with E-state index in [1.807, 2.05) is 0 Å². The average Bonchev–Trinajstić information content (AvgIpc) is 1.90. The highest BCUT2D eigenvalue weighted by molar-refractivity contribution is 4.61. The highest BCUT2D eigenvalue weighted by Crippen LogP contribution is 2.01. The number of nitrogens with two attached hydrogens (primary N) is 1. The molecule has 0 radical (unpaired) electrons. The fraction of sp³-hybridized carbons (Fsp3) is 1.00. The highest BCUT2D eigenvalue weighted by atomic mass is 16.6. The number of hydrogen-bond acceptors (Lipinski definition) is 4. The van der Waals surface area contributed by atoms with Gasteiger partial charge in [-0.15, -0.1) is 0 Å². The van der Waals surface area contributed by atoms with Gasteiger partial charge in [-0.25, -0.2) is 0 Å². The van der Waals surface area contributed by atoms with E-state index in [9.17, 15) is 0 Å². The molecular formula is C5H11NO3. The molecule has 1 heterocycles. The van der Waals surface area contributed by atoms with Gasteiger partial charge in [-0.05, 0) is 0 Å². The Morgan fingerprint density at radius 1 is 1.44 bits per heavy atom. The van der Waals surface area contributed by atoms with Crippen LogP contribution < -0.4 is 5.73 Å². The molecule has 3 N–H and O–H groups in total. The highest BCUT2D eigenvalue weighted by Gasteiger charge is 2.17. The van der Waals surface area contributed by atoms with Gasteiger partial charge in [0.1, 0.15) is 12.3 Å². The second-order valence-corrected chi connectivity index (χ2v) is 2.01. The Morgan fingerprint density at radius 2 is 2.22 bits per heavy atom. The van der Waals surface area contributed by atoms with Crippen molar-refractivity contribution >= 4 is 0 Å². The minimum absolute atomic E-state index is 0.00667. The van der Waals surface area contributed by atoms with Gasteiger partial charge in [-0.2, -0.15) is 0 Å². The lowest BCUT2D eigenvalue weighted by Gasteiger charge is -2.25. The maximum absolute atomic E-state index is 8.53. The molecule has 1 aliphatic rings. The van der Waals surface area contributed by atoms with E-state index in [0.717, 1.165) is 0 Å². The van der Waals surface area contributed by atoms with E-state index in [-0.39, 0.29) is 18.9 Å². The summed E-state index contributed by atoms with van der Waals surface area (Å²) in [6.45, 7) is 0.787. The fourth-order valence-electron chi connectivity index (χ4n) is 0.663. The first kappa shape index (κ1) is 6.95. The Labute approximate surface area is 53.6 Å². The van der Waals surface area contributed by atoms with Crippen LogP contribution in [0.1, 0.15) is 0 Å². The molecule has 1 saturated heterocycles. The first-order valence-electron chi connectivity index (χ1n) is 2.92. The summed E-state index contributed by atoms with van der Waals surface area (Å²) in [7, 11) is 0. The number of rotatable bonds is 1. The molecule has 0 bridgehead atoms. The zero-order valence-electron chi connectivity index (χ0n) is 5.12. The first-order valence-corrected chi connectivity index (χ1v) is 2.92. The van der Waals surface area contributed by atoms with Crippen molar-refractivity contribution in [3.05, 3.63) is 0 Å². The Bertz CT molecular complexity index is 80.3. The van der Waals surface area contributed by atoms with Crippen molar-refractivity contribution in [1.82, 2.24) is 0 Å². The molecule has 1 rings (SSSR count). The zero-order chi connectivity index (χ0) is 6.69. The van der Waals surface area contributed by atoms with Crippen LogP contribution in [-0.2, 0) is 9.47 Å². The predicted molar refractivity (Wildman–Crippen MR) is 30.8 cm³/mol. The van der Waals surface area contributed by atoms with Crippen molar-refractivity contribution in [1.29, 1.82) is 0 Å². The first-order chi connectivity index (χ1) is 4.33. The molecule has 1 aliphatic heterocycles. The molecule has 0 saturated carbocycles. The van der Waals surface area contributed by atoms with Crippen molar-refractivity contribution in [3.63, 3.8) is 0 Å². The van der Waals surface area contributed by atoms with Gasteiger partial charge in [0.25, 0.3) is 0 Å². The smallest absolute Gasteiger partial charge is 0.129 e. The molecule has 0 aromatic heterocycles. The number of ether oxygens (including phenoxy) is 2. The maximum atomic E-state index is 8.53. The Hall–Kier alpha value is -0.160. The molecule has 4 heteroatoms. The van der Waals surface area contributed by atoms with Crippen molar-refractivity contribution in [3.8, 4) is 0 Å². The predicted octanol–water partition coefficient (Wildman–Crippen LogP) is -1.32. The van der Waals surface area contributed by atoms with E-state index in [0.29, 0.717) is 13.2 Å². The van der Waals surface area contributed by atoms with Gasteiger partial charge in [0.05, 0.1) is 19.8 Å². The van der Waals surface area contributed by atoms with E-state index >= 15 is 0 Å². The molecule has 0 aromatic carbocycles. The quantitative estimate of drug-likeness (QED) is 0.465. The van der Waals surface area contributed by atoms with E-state index in [1.165, 1.54) is 0 Å². The van der Waals surface area contributed by atoms with Crippen LogP contribution in [0.4, 0.5) is 0 Å². The third kappa shape index (κ3) is 1.91. The van der Waals surface area contributed by atoms with Crippen LogP contribution >= 0.6 is 0 Å². The van der Waals surface area contributed by atoms with Gasteiger partial charge in [-0.1, -0.05) is 0 Å². The van der Waals surface area contributed by atoms with Gasteiger partial charge >= 0.3 is 0 Å². The lowest BCUT2D eigenvalue weighted by atomic mass is 10.4. The second-order valence-electron chi connectivity index (χ2n) is 2.01.